The van der Waals surface area contributed by atoms with Crippen molar-refractivity contribution in [3.8, 4) is 0 Å². The van der Waals surface area contributed by atoms with Gasteiger partial charge in [0.2, 0.25) is 0 Å². The Labute approximate surface area is 65.4 Å². The lowest BCUT2D eigenvalue weighted by Crippen LogP contribution is -2.51. The molecule has 2 saturated heterocycles. The van der Waals surface area contributed by atoms with E-state index in [0.29, 0.717) is 0 Å². The maximum Gasteiger partial charge on any atom is 0.112 e. The molecule has 1 N–H and O–H groups in total. The minimum absolute atomic E-state index is 0.0579. The van der Waals surface area contributed by atoms with Crippen LogP contribution in [-0.4, -0.2) is 48.2 Å². The molecule has 0 saturated carbocycles. The van der Waals surface area contributed by atoms with E-state index in [9.17, 15) is 0 Å². The molecule has 0 amide bonds. The van der Waals surface area contributed by atoms with E-state index in [0.717, 1.165) is 38.4 Å². The lowest BCUT2D eigenvalue weighted by Gasteiger charge is -2.37. The number of rotatable bonds is 0. The lowest BCUT2D eigenvalue weighted by molar-refractivity contribution is -0.00593. The molecule has 11 heavy (non-hydrogen) atoms. The predicted molar refractivity (Wildman–Crippen MR) is 40.0 cm³/mol. The van der Waals surface area contributed by atoms with Crippen LogP contribution in [0.2, 0.25) is 0 Å². The molecule has 0 radical (unpaired) electrons. The smallest absolute Gasteiger partial charge is 0.112 e. The van der Waals surface area contributed by atoms with Crippen molar-refractivity contribution in [1.82, 2.24) is 4.90 Å². The van der Waals surface area contributed by atoms with E-state index < -0.39 is 0 Å². The van der Waals surface area contributed by atoms with Crippen LogP contribution in [-0.2, 0) is 4.74 Å². The average Bonchev–Trinajstić information content (AvgIpc) is 2.06. The second-order valence-corrected chi connectivity index (χ2v) is 3.00. The highest BCUT2D eigenvalue weighted by Gasteiger charge is 2.29. The number of fused-ring (bicyclic) bond motifs is 2. The molecule has 4 heteroatoms. The molecule has 2 rings (SSSR count). The zero-order chi connectivity index (χ0) is 7.68. The largest absolute Gasteiger partial charge is 0.411 e. The normalized spacial score (nSPS) is 40.9. The minimum Gasteiger partial charge on any atom is -0.411 e. The fraction of sp³-hybridized carbons (Fsp3) is 0.857. The Balaban J connectivity index is 2.08. The van der Waals surface area contributed by atoms with Gasteiger partial charge in [-0.25, -0.2) is 0 Å². The molecule has 62 valence electrons. The van der Waals surface area contributed by atoms with E-state index in [1.165, 1.54) is 0 Å². The van der Waals surface area contributed by atoms with Gasteiger partial charge in [-0.15, -0.1) is 0 Å². The Kier molecular flexibility index (Phi) is 1.79. The molecule has 0 spiro atoms. The van der Waals surface area contributed by atoms with Crippen LogP contribution in [0.3, 0.4) is 0 Å². The Morgan fingerprint density at radius 1 is 1.55 bits per heavy atom. The number of oxime groups is 1. The Morgan fingerprint density at radius 3 is 3.27 bits per heavy atom. The van der Waals surface area contributed by atoms with Gasteiger partial charge in [-0.2, -0.15) is 0 Å². The van der Waals surface area contributed by atoms with E-state index in [1.807, 2.05) is 0 Å². The van der Waals surface area contributed by atoms with Gasteiger partial charge in [-0.05, 0) is 0 Å². The molecule has 2 fully saturated rings. The van der Waals surface area contributed by atoms with Gasteiger partial charge in [0.1, 0.15) is 6.10 Å². The van der Waals surface area contributed by atoms with Gasteiger partial charge in [0.25, 0.3) is 0 Å². The molecule has 0 aromatic rings. The molecule has 2 bridgehead atoms. The van der Waals surface area contributed by atoms with Crippen molar-refractivity contribution < 1.29 is 9.94 Å². The minimum atomic E-state index is 0.0579. The summed E-state index contributed by atoms with van der Waals surface area (Å²) in [6, 6.07) is 0. The Bertz CT molecular complexity index is 181. The molecule has 2 atom stereocenters. The monoisotopic (exact) mass is 156 g/mol. The number of ether oxygens (including phenoxy) is 1. The van der Waals surface area contributed by atoms with Gasteiger partial charge >= 0.3 is 0 Å². The van der Waals surface area contributed by atoms with Crippen LogP contribution < -0.4 is 0 Å². The maximum absolute atomic E-state index is 8.59. The fourth-order valence-electron chi connectivity index (χ4n) is 1.66. The molecule has 2 aliphatic heterocycles. The quantitative estimate of drug-likeness (QED) is 0.394. The van der Waals surface area contributed by atoms with Crippen molar-refractivity contribution >= 4 is 5.71 Å². The van der Waals surface area contributed by atoms with E-state index in [1.54, 1.807) is 0 Å². The topological polar surface area (TPSA) is 45.1 Å². The van der Waals surface area contributed by atoms with Crippen LogP contribution in [0.5, 0.6) is 0 Å². The van der Waals surface area contributed by atoms with Crippen molar-refractivity contribution in [2.75, 3.05) is 26.2 Å². The first-order valence-corrected chi connectivity index (χ1v) is 3.95. The first-order valence-electron chi connectivity index (χ1n) is 3.95. The van der Waals surface area contributed by atoms with Gasteiger partial charge in [0, 0.05) is 26.1 Å². The van der Waals surface area contributed by atoms with E-state index in [2.05, 4.69) is 10.1 Å². The number of morpholine rings is 1. The fourth-order valence-corrected chi connectivity index (χ4v) is 1.66. The van der Waals surface area contributed by atoms with E-state index in [-0.39, 0.29) is 6.10 Å². The number of hydrogen-bond acceptors (Lipinski definition) is 4. The Morgan fingerprint density at radius 2 is 2.45 bits per heavy atom. The third-order valence-electron chi connectivity index (χ3n) is 2.33. The van der Waals surface area contributed by atoms with Gasteiger partial charge in [0.15, 0.2) is 0 Å². The molecule has 2 unspecified atom stereocenters. The first kappa shape index (κ1) is 7.06. The lowest BCUT2D eigenvalue weighted by atomic mass is 10.0. The molecule has 2 heterocycles. The summed E-state index contributed by atoms with van der Waals surface area (Å²) in [5.74, 6) is 0. The molecule has 0 aromatic carbocycles. The molecule has 4 nitrogen and oxygen atoms in total. The van der Waals surface area contributed by atoms with E-state index >= 15 is 0 Å². The summed E-state index contributed by atoms with van der Waals surface area (Å²) in [7, 11) is 0. The zero-order valence-electron chi connectivity index (χ0n) is 6.36. The molecular weight excluding hydrogens is 144 g/mol. The molecular formula is C7H12N2O2. The van der Waals surface area contributed by atoms with Crippen molar-refractivity contribution in [2.45, 2.75) is 12.5 Å². The van der Waals surface area contributed by atoms with Crippen LogP contribution in [0.1, 0.15) is 6.42 Å². The second kappa shape index (κ2) is 2.79. The summed E-state index contributed by atoms with van der Waals surface area (Å²) >= 11 is 0. The summed E-state index contributed by atoms with van der Waals surface area (Å²) in [4.78, 5) is 2.34. The predicted octanol–water partition coefficient (Wildman–Crippen LogP) is -0.0789. The molecule has 0 aromatic heterocycles. The highest BCUT2D eigenvalue weighted by atomic mass is 16.5. The van der Waals surface area contributed by atoms with Gasteiger partial charge in [-0.3, -0.25) is 4.90 Å². The summed E-state index contributed by atoms with van der Waals surface area (Å²) in [6.07, 6.45) is 0.906. The SMILES string of the molecule is ON=C1CCN2CCOC1C2. The summed E-state index contributed by atoms with van der Waals surface area (Å²) in [5, 5.41) is 11.8. The van der Waals surface area contributed by atoms with Crippen molar-refractivity contribution in [3.05, 3.63) is 0 Å². The van der Waals surface area contributed by atoms with Crippen LogP contribution in [0.15, 0.2) is 5.16 Å². The summed E-state index contributed by atoms with van der Waals surface area (Å²) in [5.41, 5.74) is 0.806. The first-order chi connectivity index (χ1) is 5.40. The van der Waals surface area contributed by atoms with Crippen LogP contribution in [0.25, 0.3) is 0 Å². The number of nitrogens with zero attached hydrogens (tertiary/aromatic N) is 2. The van der Waals surface area contributed by atoms with Crippen LogP contribution in [0.4, 0.5) is 0 Å². The zero-order valence-corrected chi connectivity index (χ0v) is 6.36. The third kappa shape index (κ3) is 1.23. The second-order valence-electron chi connectivity index (χ2n) is 3.00. The molecule has 2 aliphatic rings. The van der Waals surface area contributed by atoms with Gasteiger partial charge in [-0.1, -0.05) is 5.16 Å². The van der Waals surface area contributed by atoms with Crippen LogP contribution >= 0.6 is 0 Å². The number of hydrogen-bond donors (Lipinski definition) is 1. The molecule has 0 aliphatic carbocycles. The van der Waals surface area contributed by atoms with Crippen LogP contribution in [0, 0.1) is 0 Å². The van der Waals surface area contributed by atoms with Crippen molar-refractivity contribution in [2.24, 2.45) is 5.16 Å². The highest BCUT2D eigenvalue weighted by Crippen LogP contribution is 2.14. The Hall–Kier alpha value is -0.610. The average molecular weight is 156 g/mol. The third-order valence-corrected chi connectivity index (χ3v) is 2.33. The van der Waals surface area contributed by atoms with Crippen molar-refractivity contribution in [3.63, 3.8) is 0 Å². The standard InChI is InChI=1S/C7H12N2O2/c10-8-6-1-2-9-3-4-11-7(6)5-9/h7,10H,1-5H2. The van der Waals surface area contributed by atoms with Gasteiger partial charge in [0.05, 0.1) is 12.3 Å². The van der Waals surface area contributed by atoms with Crippen molar-refractivity contribution in [1.29, 1.82) is 0 Å². The summed E-state index contributed by atoms with van der Waals surface area (Å²) in [6.45, 7) is 3.71. The maximum atomic E-state index is 8.59. The highest BCUT2D eigenvalue weighted by molar-refractivity contribution is 5.89. The van der Waals surface area contributed by atoms with E-state index in [4.69, 9.17) is 9.94 Å². The summed E-state index contributed by atoms with van der Waals surface area (Å²) < 4.78 is 5.42. The van der Waals surface area contributed by atoms with Gasteiger partial charge < -0.3 is 9.94 Å². The number of piperidine rings is 1.